The van der Waals surface area contributed by atoms with Crippen LogP contribution >= 0.6 is 0 Å². The van der Waals surface area contributed by atoms with E-state index in [4.69, 9.17) is 14.4 Å². The molecule has 0 fully saturated rings. The summed E-state index contributed by atoms with van der Waals surface area (Å²) in [6.45, 7) is 6.93. The predicted molar refractivity (Wildman–Crippen MR) is 122 cm³/mol. The molecule has 31 heavy (non-hydrogen) atoms. The lowest BCUT2D eigenvalue weighted by Crippen LogP contribution is -2.44. The van der Waals surface area contributed by atoms with Crippen molar-refractivity contribution in [1.82, 2.24) is 0 Å². The van der Waals surface area contributed by atoms with Gasteiger partial charge >= 0.3 is 16.4 Å². The topological polar surface area (TPSA) is 130 Å². The van der Waals surface area contributed by atoms with Crippen LogP contribution < -0.4 is 0 Å². The molecule has 0 aromatic carbocycles. The Hall–Kier alpha value is -0.740. The van der Waals surface area contributed by atoms with Crippen molar-refractivity contribution in [3.05, 3.63) is 0 Å². The molecule has 1 unspecified atom stereocenters. The molecule has 0 aliphatic heterocycles. The van der Waals surface area contributed by atoms with Crippen molar-refractivity contribution in [3.63, 3.8) is 0 Å². The minimum Gasteiger partial charge on any atom is -0.393 e. The number of rotatable bonds is 19. The van der Waals surface area contributed by atoms with Gasteiger partial charge in [-0.1, -0.05) is 84.0 Å². The highest BCUT2D eigenvalue weighted by molar-refractivity contribution is 7.81. The third-order valence-electron chi connectivity index (χ3n) is 4.92. The van der Waals surface area contributed by atoms with Crippen LogP contribution in [0.1, 0.15) is 111 Å². The van der Waals surface area contributed by atoms with Gasteiger partial charge in [0.15, 0.2) is 5.60 Å². The van der Waals surface area contributed by atoms with Crippen molar-refractivity contribution in [2.75, 3.05) is 19.8 Å². The molecule has 0 aromatic rings. The summed E-state index contributed by atoms with van der Waals surface area (Å²) in [5.74, 6) is -1.55. The Morgan fingerprint density at radius 1 is 0.774 bits per heavy atom. The van der Waals surface area contributed by atoms with Gasteiger partial charge in [-0.2, -0.15) is 8.42 Å². The molecule has 1 atom stereocenters. The summed E-state index contributed by atoms with van der Waals surface area (Å²) < 4.78 is 38.1. The molecule has 8 nitrogen and oxygen atoms in total. The molecular formula is C22H46O8S. The smallest absolute Gasteiger partial charge is 0.393 e. The molecule has 188 valence electrons. The fourth-order valence-electron chi connectivity index (χ4n) is 3.06. The number of hydrogen-bond acceptors (Lipinski definition) is 7. The molecule has 0 aliphatic carbocycles. The number of carbonyl (C=O) groups excluding carboxylic acids is 1. The number of ether oxygens (including phenoxy) is 1. The van der Waals surface area contributed by atoms with Gasteiger partial charge in [0.2, 0.25) is 0 Å². The lowest BCUT2D eigenvalue weighted by molar-refractivity contribution is -0.160. The van der Waals surface area contributed by atoms with E-state index in [1.54, 1.807) is 0 Å². The van der Waals surface area contributed by atoms with Crippen LogP contribution in [-0.4, -0.2) is 54.6 Å². The van der Waals surface area contributed by atoms with Gasteiger partial charge in [0.05, 0.1) is 6.61 Å². The highest BCUT2D eigenvalue weighted by atomic mass is 32.3. The molecule has 0 amide bonds. The van der Waals surface area contributed by atoms with E-state index in [1.165, 1.54) is 51.4 Å². The maximum atomic E-state index is 11.5. The van der Waals surface area contributed by atoms with Gasteiger partial charge in [0.1, 0.15) is 0 Å². The molecule has 0 aromatic heterocycles. The van der Waals surface area contributed by atoms with E-state index in [-0.39, 0.29) is 6.42 Å². The second kappa shape index (κ2) is 21.1. The molecule has 0 rings (SSSR count). The summed E-state index contributed by atoms with van der Waals surface area (Å²) in [6, 6.07) is 0. The Morgan fingerprint density at radius 3 is 1.45 bits per heavy atom. The van der Waals surface area contributed by atoms with E-state index in [0.29, 0.717) is 6.42 Å². The van der Waals surface area contributed by atoms with E-state index in [2.05, 4.69) is 11.1 Å². The SMILES string of the molecule is CCCCCCCCCCCCCCCC(O)(CO)C(=O)OS(=O)(=O)O.CCOCC. The Bertz CT molecular complexity index is 508. The summed E-state index contributed by atoms with van der Waals surface area (Å²) in [6.07, 6.45) is 14.7. The van der Waals surface area contributed by atoms with Crippen LogP contribution in [0.5, 0.6) is 0 Å². The molecule has 3 N–H and O–H groups in total. The Morgan fingerprint density at radius 2 is 1.16 bits per heavy atom. The number of unbranched alkanes of at least 4 members (excludes halogenated alkanes) is 12. The zero-order valence-corrected chi connectivity index (χ0v) is 20.6. The van der Waals surface area contributed by atoms with Crippen molar-refractivity contribution >= 4 is 16.4 Å². The quantitative estimate of drug-likeness (QED) is 0.185. The minimum atomic E-state index is -4.99. The maximum Gasteiger partial charge on any atom is 0.449 e. The first-order valence-electron chi connectivity index (χ1n) is 11.8. The van der Waals surface area contributed by atoms with Crippen LogP contribution in [0.15, 0.2) is 0 Å². The zero-order chi connectivity index (χ0) is 24.0. The summed E-state index contributed by atoms with van der Waals surface area (Å²) in [4.78, 5) is 11.5. The molecule has 9 heteroatoms. The molecule has 0 spiro atoms. The molecule has 0 radical (unpaired) electrons. The monoisotopic (exact) mass is 470 g/mol. The average Bonchev–Trinajstić information content (AvgIpc) is 2.71. The van der Waals surface area contributed by atoms with E-state index in [0.717, 1.165) is 38.9 Å². The van der Waals surface area contributed by atoms with Crippen molar-refractivity contribution in [3.8, 4) is 0 Å². The van der Waals surface area contributed by atoms with Gasteiger partial charge in [-0.15, -0.1) is 0 Å². The second-order valence-electron chi connectivity index (χ2n) is 7.76. The first kappa shape index (κ1) is 32.4. The predicted octanol–water partition coefficient (Wildman–Crippen LogP) is 4.58. The number of hydrogen-bond donors (Lipinski definition) is 3. The maximum absolute atomic E-state index is 11.5. The average molecular weight is 471 g/mol. The lowest BCUT2D eigenvalue weighted by atomic mass is 9.96. The van der Waals surface area contributed by atoms with Gasteiger partial charge in [0.25, 0.3) is 0 Å². The van der Waals surface area contributed by atoms with Crippen molar-refractivity contribution < 1.29 is 36.9 Å². The van der Waals surface area contributed by atoms with Crippen LogP contribution in [0.4, 0.5) is 0 Å². The van der Waals surface area contributed by atoms with Crippen LogP contribution in [0.3, 0.4) is 0 Å². The van der Waals surface area contributed by atoms with E-state index in [1.807, 2.05) is 13.8 Å². The Labute approximate surface area is 189 Å². The first-order valence-corrected chi connectivity index (χ1v) is 13.2. The van der Waals surface area contributed by atoms with Crippen LogP contribution in [0, 0.1) is 0 Å². The summed E-state index contributed by atoms with van der Waals surface area (Å²) >= 11 is 0. The zero-order valence-electron chi connectivity index (χ0n) is 19.8. The Balaban J connectivity index is 0. The molecule has 0 saturated carbocycles. The molecule has 0 aliphatic rings. The fourth-order valence-corrected chi connectivity index (χ4v) is 3.40. The largest absolute Gasteiger partial charge is 0.449 e. The van der Waals surface area contributed by atoms with E-state index < -0.39 is 28.6 Å². The highest BCUT2D eigenvalue weighted by Gasteiger charge is 2.39. The van der Waals surface area contributed by atoms with Gasteiger partial charge in [-0.05, 0) is 26.7 Å². The summed E-state index contributed by atoms with van der Waals surface area (Å²) in [7, 11) is -4.99. The van der Waals surface area contributed by atoms with Gasteiger partial charge < -0.3 is 19.1 Å². The number of aliphatic hydroxyl groups is 2. The van der Waals surface area contributed by atoms with Crippen LogP contribution in [-0.2, 0) is 24.1 Å². The first-order chi connectivity index (χ1) is 14.7. The van der Waals surface area contributed by atoms with E-state index in [9.17, 15) is 18.3 Å². The van der Waals surface area contributed by atoms with Crippen LogP contribution in [0.25, 0.3) is 0 Å². The molecule has 0 saturated heterocycles. The third-order valence-corrected chi connectivity index (χ3v) is 5.29. The molecular weight excluding hydrogens is 424 g/mol. The number of aliphatic hydroxyl groups excluding tert-OH is 1. The lowest BCUT2D eigenvalue weighted by Gasteiger charge is -2.22. The summed E-state index contributed by atoms with van der Waals surface area (Å²) in [5.41, 5.74) is -2.30. The van der Waals surface area contributed by atoms with Crippen molar-refractivity contribution in [2.45, 2.75) is 116 Å². The second-order valence-corrected chi connectivity index (χ2v) is 8.78. The van der Waals surface area contributed by atoms with E-state index >= 15 is 0 Å². The molecule has 0 heterocycles. The van der Waals surface area contributed by atoms with Crippen molar-refractivity contribution in [1.29, 1.82) is 0 Å². The minimum absolute atomic E-state index is 0.115. The Kier molecular flexibility index (Phi) is 22.1. The van der Waals surface area contributed by atoms with Gasteiger partial charge in [0, 0.05) is 13.2 Å². The summed E-state index contributed by atoms with van der Waals surface area (Å²) in [5, 5.41) is 19.0. The normalized spacial score (nSPS) is 13.2. The van der Waals surface area contributed by atoms with Gasteiger partial charge in [-0.25, -0.2) is 4.79 Å². The van der Waals surface area contributed by atoms with Crippen LogP contribution in [0.2, 0.25) is 0 Å². The third kappa shape index (κ3) is 22.3. The van der Waals surface area contributed by atoms with Gasteiger partial charge in [-0.3, -0.25) is 4.55 Å². The highest BCUT2D eigenvalue weighted by Crippen LogP contribution is 2.19. The van der Waals surface area contributed by atoms with Crippen molar-refractivity contribution in [2.24, 2.45) is 0 Å². The standard InChI is InChI=1S/C18H36O7S.C4H10O/c1-2-3-4-5-6-7-8-9-10-11-12-13-14-15-18(21,16-19)17(20)25-26(22,23)24;1-3-5-4-2/h19,21H,2-16H2,1H3,(H,22,23,24);3-4H2,1-2H3. The molecule has 0 bridgehead atoms. The number of carbonyl (C=O) groups is 1. The fraction of sp³-hybridized carbons (Fsp3) is 0.955.